The minimum atomic E-state index is -3.71. The topological polar surface area (TPSA) is 66.5 Å². The number of carbonyl (C=O) groups excluding carboxylic acids is 1. The van der Waals surface area contributed by atoms with Gasteiger partial charge < -0.3 is 5.32 Å². The Morgan fingerprint density at radius 1 is 1.07 bits per heavy atom. The Morgan fingerprint density at radius 3 is 2.69 bits per heavy atom. The number of fused-ring (bicyclic) bond motifs is 1. The minimum Gasteiger partial charge on any atom is -0.349 e. The van der Waals surface area contributed by atoms with Gasteiger partial charge in [0.25, 0.3) is 15.9 Å². The van der Waals surface area contributed by atoms with Crippen molar-refractivity contribution in [2.24, 2.45) is 11.8 Å². The molecule has 1 amide bonds. The van der Waals surface area contributed by atoms with E-state index < -0.39 is 10.0 Å². The van der Waals surface area contributed by atoms with E-state index in [1.165, 1.54) is 16.8 Å². The molecule has 1 aliphatic carbocycles. The van der Waals surface area contributed by atoms with Gasteiger partial charge in [-0.1, -0.05) is 51.0 Å². The van der Waals surface area contributed by atoms with Crippen LogP contribution in [0.15, 0.2) is 53.4 Å². The van der Waals surface area contributed by atoms with Crippen molar-refractivity contribution in [1.82, 2.24) is 5.32 Å². The van der Waals surface area contributed by atoms with Crippen LogP contribution in [0.3, 0.4) is 0 Å². The van der Waals surface area contributed by atoms with Gasteiger partial charge in [0, 0.05) is 18.2 Å². The number of nitrogens with one attached hydrogen (secondary N) is 1. The molecule has 0 aromatic heterocycles. The Hall–Kier alpha value is -2.34. The molecule has 2 aliphatic rings. The third-order valence-electron chi connectivity index (χ3n) is 6.55. The molecule has 1 heterocycles. The van der Waals surface area contributed by atoms with Crippen LogP contribution < -0.4 is 9.62 Å². The Bertz CT molecular complexity index is 1020. The predicted molar refractivity (Wildman–Crippen MR) is 115 cm³/mol. The first-order valence-corrected chi connectivity index (χ1v) is 11.8. The molecule has 0 bridgehead atoms. The summed E-state index contributed by atoms with van der Waals surface area (Å²) in [5, 5.41) is 3.13. The molecule has 5 nitrogen and oxygen atoms in total. The van der Waals surface area contributed by atoms with E-state index in [9.17, 15) is 13.2 Å². The van der Waals surface area contributed by atoms with Gasteiger partial charge in [-0.05, 0) is 54.5 Å². The quantitative estimate of drug-likeness (QED) is 0.826. The highest BCUT2D eigenvalue weighted by atomic mass is 32.2. The first-order chi connectivity index (χ1) is 13.9. The van der Waals surface area contributed by atoms with E-state index in [-0.39, 0.29) is 16.8 Å². The maximum Gasteiger partial charge on any atom is 0.264 e. The highest BCUT2D eigenvalue weighted by Gasteiger charge is 2.32. The van der Waals surface area contributed by atoms with Gasteiger partial charge in [-0.25, -0.2) is 8.42 Å². The van der Waals surface area contributed by atoms with Crippen molar-refractivity contribution >= 4 is 21.6 Å². The summed E-state index contributed by atoms with van der Waals surface area (Å²) in [5.74, 6) is 0.798. The molecule has 1 fully saturated rings. The molecule has 6 heteroatoms. The third kappa shape index (κ3) is 3.78. The fraction of sp³-hybridized carbons (Fsp3) is 0.435. The Balaban J connectivity index is 1.56. The molecule has 0 spiro atoms. The third-order valence-corrected chi connectivity index (χ3v) is 8.36. The number of carbonyl (C=O) groups is 1. The average Bonchev–Trinajstić information content (AvgIpc) is 3.16. The Kier molecular flexibility index (Phi) is 5.38. The zero-order valence-corrected chi connectivity index (χ0v) is 17.8. The smallest absolute Gasteiger partial charge is 0.264 e. The standard InChI is InChI=1S/C23H28N2O3S/c1-16-7-5-11-21(17(16)2)24-23(26)19-9-6-10-20(15-19)29(27,28)25-14-13-18-8-3-4-12-22(18)25/h3-4,6,8-10,12,15-17,21H,5,7,11,13-14H2,1-2H3,(H,24,26)/t16-,17-,21+/m1/s1. The van der Waals surface area contributed by atoms with Crippen LogP contribution in [0.25, 0.3) is 0 Å². The van der Waals surface area contributed by atoms with E-state index in [0.29, 0.717) is 30.4 Å². The minimum absolute atomic E-state index is 0.136. The van der Waals surface area contributed by atoms with Crippen LogP contribution in [0.2, 0.25) is 0 Å². The summed E-state index contributed by atoms with van der Waals surface area (Å²) in [6.45, 7) is 4.83. The predicted octanol–water partition coefficient (Wildman–Crippen LogP) is 3.99. The zero-order chi connectivity index (χ0) is 20.6. The Labute approximate surface area is 173 Å². The van der Waals surface area contributed by atoms with Crippen molar-refractivity contribution in [2.75, 3.05) is 10.8 Å². The largest absolute Gasteiger partial charge is 0.349 e. The molecule has 1 N–H and O–H groups in total. The van der Waals surface area contributed by atoms with Gasteiger partial charge in [0.2, 0.25) is 0 Å². The first kappa shape index (κ1) is 20.0. The van der Waals surface area contributed by atoms with Crippen LogP contribution in [-0.2, 0) is 16.4 Å². The van der Waals surface area contributed by atoms with Crippen molar-refractivity contribution in [3.05, 3.63) is 59.7 Å². The van der Waals surface area contributed by atoms with E-state index >= 15 is 0 Å². The van der Waals surface area contributed by atoms with Gasteiger partial charge in [-0.3, -0.25) is 9.10 Å². The summed E-state index contributed by atoms with van der Waals surface area (Å²) in [6, 6.07) is 14.1. The molecule has 4 rings (SSSR count). The molecule has 2 aromatic carbocycles. The molecular weight excluding hydrogens is 384 g/mol. The number of hydrogen-bond donors (Lipinski definition) is 1. The van der Waals surface area contributed by atoms with Gasteiger partial charge in [0.05, 0.1) is 10.6 Å². The maximum absolute atomic E-state index is 13.3. The van der Waals surface area contributed by atoms with E-state index in [2.05, 4.69) is 19.2 Å². The molecule has 0 saturated heterocycles. The monoisotopic (exact) mass is 412 g/mol. The lowest BCUT2D eigenvalue weighted by Crippen LogP contribution is -2.43. The molecule has 29 heavy (non-hydrogen) atoms. The average molecular weight is 413 g/mol. The van der Waals surface area contributed by atoms with E-state index in [1.54, 1.807) is 18.2 Å². The molecule has 1 saturated carbocycles. The van der Waals surface area contributed by atoms with Crippen molar-refractivity contribution in [2.45, 2.75) is 50.5 Å². The lowest BCUT2D eigenvalue weighted by atomic mass is 9.78. The molecule has 2 aromatic rings. The lowest BCUT2D eigenvalue weighted by Gasteiger charge is -2.34. The van der Waals surface area contributed by atoms with Crippen molar-refractivity contribution in [3.8, 4) is 0 Å². The maximum atomic E-state index is 13.3. The summed E-state index contributed by atoms with van der Waals surface area (Å²) in [4.78, 5) is 13.0. The number of amides is 1. The number of para-hydroxylation sites is 1. The SMILES string of the molecule is C[C@@H]1[C@H](C)CCC[C@@H]1NC(=O)c1cccc(S(=O)(=O)N2CCc3ccccc32)c1. The second-order valence-corrected chi connectivity index (χ2v) is 10.2. The summed E-state index contributed by atoms with van der Waals surface area (Å²) >= 11 is 0. The summed E-state index contributed by atoms with van der Waals surface area (Å²) in [7, 11) is -3.71. The molecule has 0 radical (unpaired) electrons. The second-order valence-electron chi connectivity index (χ2n) is 8.33. The molecule has 154 valence electrons. The molecule has 3 atom stereocenters. The molecule has 1 aliphatic heterocycles. The number of sulfonamides is 1. The van der Waals surface area contributed by atoms with Crippen LogP contribution in [0.1, 0.15) is 49.0 Å². The van der Waals surface area contributed by atoms with Gasteiger partial charge in [0.1, 0.15) is 0 Å². The number of hydrogen-bond acceptors (Lipinski definition) is 3. The van der Waals surface area contributed by atoms with Crippen LogP contribution in [0.4, 0.5) is 5.69 Å². The van der Waals surface area contributed by atoms with Crippen LogP contribution in [0.5, 0.6) is 0 Å². The van der Waals surface area contributed by atoms with Gasteiger partial charge >= 0.3 is 0 Å². The number of benzene rings is 2. The molecule has 0 unspecified atom stereocenters. The highest BCUT2D eigenvalue weighted by molar-refractivity contribution is 7.92. The normalized spacial score (nSPS) is 24.2. The second kappa shape index (κ2) is 7.82. The highest BCUT2D eigenvalue weighted by Crippen LogP contribution is 2.33. The van der Waals surface area contributed by atoms with Gasteiger partial charge in [-0.15, -0.1) is 0 Å². The number of rotatable bonds is 4. The van der Waals surface area contributed by atoms with Crippen LogP contribution in [0, 0.1) is 11.8 Å². The van der Waals surface area contributed by atoms with Crippen molar-refractivity contribution in [3.63, 3.8) is 0 Å². The zero-order valence-electron chi connectivity index (χ0n) is 17.0. The fourth-order valence-electron chi connectivity index (χ4n) is 4.52. The summed E-state index contributed by atoms with van der Waals surface area (Å²) in [6.07, 6.45) is 3.98. The Morgan fingerprint density at radius 2 is 1.86 bits per heavy atom. The van der Waals surface area contributed by atoms with Crippen molar-refractivity contribution in [1.29, 1.82) is 0 Å². The van der Waals surface area contributed by atoms with E-state index in [1.807, 2.05) is 24.3 Å². The van der Waals surface area contributed by atoms with Crippen LogP contribution >= 0.6 is 0 Å². The lowest BCUT2D eigenvalue weighted by molar-refractivity contribution is 0.0891. The van der Waals surface area contributed by atoms with E-state index in [0.717, 1.165) is 24.1 Å². The van der Waals surface area contributed by atoms with Crippen LogP contribution in [-0.4, -0.2) is 26.9 Å². The van der Waals surface area contributed by atoms with E-state index in [4.69, 9.17) is 0 Å². The van der Waals surface area contributed by atoms with Gasteiger partial charge in [0.15, 0.2) is 0 Å². The number of anilines is 1. The molecular formula is C23H28N2O3S. The number of nitrogens with zero attached hydrogens (tertiary/aromatic N) is 1. The first-order valence-electron chi connectivity index (χ1n) is 10.4. The van der Waals surface area contributed by atoms with Gasteiger partial charge in [-0.2, -0.15) is 0 Å². The summed E-state index contributed by atoms with van der Waals surface area (Å²) < 4.78 is 28.0. The fourth-order valence-corrected chi connectivity index (χ4v) is 6.07. The van der Waals surface area contributed by atoms with Crippen molar-refractivity contribution < 1.29 is 13.2 Å². The summed E-state index contributed by atoms with van der Waals surface area (Å²) in [5.41, 5.74) is 2.15.